The third kappa shape index (κ3) is 2.36. The third-order valence-corrected chi connectivity index (χ3v) is 7.69. The fraction of sp³-hybridized carbons (Fsp3) is 0.267. The SMILES string of the molecule is [C-]#[N+]C(C)(C)c1cc2cc[n+](C)c3c4c(C)c(C)cc(C)c4n4c5cc(C)ccc5c1c4c23. The molecule has 0 aliphatic heterocycles. The van der Waals surface area contributed by atoms with E-state index in [1.807, 2.05) is 13.8 Å². The normalized spacial score (nSPS) is 12.7. The fourth-order valence-electron chi connectivity index (χ4n) is 5.89. The van der Waals surface area contributed by atoms with Gasteiger partial charge in [-0.1, -0.05) is 18.2 Å². The zero-order valence-corrected chi connectivity index (χ0v) is 20.4. The molecule has 0 amide bonds. The summed E-state index contributed by atoms with van der Waals surface area (Å²) in [6.45, 7) is 20.9. The van der Waals surface area contributed by atoms with Gasteiger partial charge in [-0.15, -0.1) is 0 Å². The van der Waals surface area contributed by atoms with E-state index in [9.17, 15) is 0 Å². The maximum atomic E-state index is 7.98. The lowest BCUT2D eigenvalue weighted by molar-refractivity contribution is -0.643. The lowest BCUT2D eigenvalue weighted by Gasteiger charge is -2.19. The van der Waals surface area contributed by atoms with Crippen LogP contribution in [0.4, 0.5) is 0 Å². The van der Waals surface area contributed by atoms with Gasteiger partial charge in [0.15, 0.2) is 6.20 Å². The summed E-state index contributed by atoms with van der Waals surface area (Å²) in [4.78, 5) is 4.06. The summed E-state index contributed by atoms with van der Waals surface area (Å²) in [5.74, 6) is 0. The van der Waals surface area contributed by atoms with Crippen LogP contribution in [0.3, 0.4) is 0 Å². The molecule has 3 aromatic carbocycles. The first-order valence-corrected chi connectivity index (χ1v) is 11.6. The van der Waals surface area contributed by atoms with E-state index in [0.29, 0.717) is 0 Å². The monoisotopic (exact) mass is 430 g/mol. The van der Waals surface area contributed by atoms with Crippen molar-refractivity contribution in [1.82, 2.24) is 4.40 Å². The quantitative estimate of drug-likeness (QED) is 0.113. The minimum atomic E-state index is -0.616. The van der Waals surface area contributed by atoms with Crippen molar-refractivity contribution in [3.63, 3.8) is 0 Å². The number of aryl methyl sites for hydroxylation is 5. The second-order valence-electron chi connectivity index (χ2n) is 10.3. The molecule has 0 spiro atoms. The van der Waals surface area contributed by atoms with Crippen LogP contribution in [0, 0.1) is 34.3 Å². The number of nitrogens with zero attached hydrogens (tertiary/aromatic N) is 3. The van der Waals surface area contributed by atoms with Crippen LogP contribution in [-0.4, -0.2) is 4.40 Å². The van der Waals surface area contributed by atoms with Gasteiger partial charge < -0.3 is 9.25 Å². The summed E-state index contributed by atoms with van der Waals surface area (Å²) in [6, 6.07) is 13.6. The van der Waals surface area contributed by atoms with Crippen LogP contribution in [0.25, 0.3) is 53.8 Å². The topological polar surface area (TPSA) is 12.7 Å². The summed E-state index contributed by atoms with van der Waals surface area (Å²) in [5.41, 5.74) is 10.7. The number of pyridine rings is 2. The molecule has 0 radical (unpaired) electrons. The van der Waals surface area contributed by atoms with Gasteiger partial charge in [-0.05, 0) is 67.5 Å². The highest BCUT2D eigenvalue weighted by molar-refractivity contribution is 6.28. The second-order valence-corrected chi connectivity index (χ2v) is 10.3. The van der Waals surface area contributed by atoms with Crippen molar-refractivity contribution < 1.29 is 4.57 Å². The van der Waals surface area contributed by atoms with E-state index < -0.39 is 5.54 Å². The van der Waals surface area contributed by atoms with E-state index in [2.05, 4.69) is 91.2 Å². The number of hydrogen-bond acceptors (Lipinski definition) is 0. The minimum absolute atomic E-state index is 0.616. The number of fused-ring (bicyclic) bond motifs is 6. The Morgan fingerprint density at radius 2 is 1.64 bits per heavy atom. The highest BCUT2D eigenvalue weighted by Crippen LogP contribution is 2.46. The number of rotatable bonds is 1. The molecule has 0 unspecified atom stereocenters. The molecule has 0 atom stereocenters. The van der Waals surface area contributed by atoms with Crippen molar-refractivity contribution in [1.29, 1.82) is 0 Å². The zero-order chi connectivity index (χ0) is 23.4. The molecular formula is C30H28N3+. The lowest BCUT2D eigenvalue weighted by atomic mass is 9.87. The standard InChI is InChI=1S/C30H28N3/c1-16-9-10-21-23(13-16)33-27-18(3)14-17(2)19(4)24(27)28-25-20(11-12-32(28)8)15-22(26(21)29(25)33)30(5,6)31-7/h9-15H,1-6,8H3/q+1. The molecule has 33 heavy (non-hydrogen) atoms. The van der Waals surface area contributed by atoms with Gasteiger partial charge in [-0.25, -0.2) is 11.1 Å². The van der Waals surface area contributed by atoms with Gasteiger partial charge in [0.2, 0.25) is 5.52 Å². The van der Waals surface area contributed by atoms with Crippen LogP contribution in [0.2, 0.25) is 0 Å². The Morgan fingerprint density at radius 1 is 0.879 bits per heavy atom. The van der Waals surface area contributed by atoms with Crippen LogP contribution >= 0.6 is 0 Å². The van der Waals surface area contributed by atoms with Crippen molar-refractivity contribution in [3.05, 3.63) is 81.8 Å². The molecule has 3 heterocycles. The van der Waals surface area contributed by atoms with Crippen molar-refractivity contribution in [3.8, 4) is 0 Å². The number of hydrogen-bond donors (Lipinski definition) is 0. The van der Waals surface area contributed by atoms with Gasteiger partial charge in [-0.2, -0.15) is 0 Å². The number of benzene rings is 3. The predicted molar refractivity (Wildman–Crippen MR) is 138 cm³/mol. The molecule has 0 aliphatic rings. The molecule has 0 saturated heterocycles. The summed E-state index contributed by atoms with van der Waals surface area (Å²) in [7, 11) is 2.15. The third-order valence-electron chi connectivity index (χ3n) is 7.69. The zero-order valence-electron chi connectivity index (χ0n) is 20.4. The van der Waals surface area contributed by atoms with Crippen LogP contribution in [0.1, 0.15) is 41.7 Å². The van der Waals surface area contributed by atoms with E-state index >= 15 is 0 Å². The molecule has 3 aromatic heterocycles. The number of aromatic nitrogens is 2. The maximum absolute atomic E-state index is 7.98. The van der Waals surface area contributed by atoms with E-state index in [1.165, 1.54) is 71.3 Å². The van der Waals surface area contributed by atoms with E-state index in [0.717, 1.165) is 5.56 Å². The van der Waals surface area contributed by atoms with Crippen molar-refractivity contribution in [2.45, 2.75) is 47.1 Å². The van der Waals surface area contributed by atoms with Gasteiger partial charge in [0.25, 0.3) is 5.54 Å². The van der Waals surface area contributed by atoms with Crippen molar-refractivity contribution in [2.75, 3.05) is 0 Å². The van der Waals surface area contributed by atoms with Gasteiger partial charge in [-0.3, -0.25) is 0 Å². The molecular weight excluding hydrogens is 402 g/mol. The van der Waals surface area contributed by atoms with Crippen molar-refractivity contribution in [2.24, 2.45) is 7.05 Å². The largest absolute Gasteiger partial charge is 0.307 e. The predicted octanol–water partition coefficient (Wildman–Crippen LogP) is 7.20. The smallest absolute Gasteiger partial charge is 0.252 e. The first kappa shape index (κ1) is 20.0. The Morgan fingerprint density at radius 3 is 2.36 bits per heavy atom. The molecule has 0 fully saturated rings. The van der Waals surface area contributed by atoms with Gasteiger partial charge in [0, 0.05) is 36.2 Å². The molecule has 0 N–H and O–H groups in total. The summed E-state index contributed by atoms with van der Waals surface area (Å²) < 4.78 is 4.77. The van der Waals surface area contributed by atoms with Crippen LogP contribution in [-0.2, 0) is 12.6 Å². The van der Waals surface area contributed by atoms with E-state index in [4.69, 9.17) is 6.57 Å². The first-order chi connectivity index (χ1) is 15.7. The van der Waals surface area contributed by atoms with Crippen molar-refractivity contribution >= 4 is 49.0 Å². The highest BCUT2D eigenvalue weighted by Gasteiger charge is 2.34. The Labute approximate surface area is 194 Å². The fourth-order valence-corrected chi connectivity index (χ4v) is 5.89. The molecule has 3 nitrogen and oxygen atoms in total. The molecule has 162 valence electrons. The van der Waals surface area contributed by atoms with Gasteiger partial charge in [0.1, 0.15) is 7.05 Å². The molecule has 6 rings (SSSR count). The molecule has 0 aliphatic carbocycles. The Bertz CT molecular complexity index is 1840. The van der Waals surface area contributed by atoms with Gasteiger partial charge in [0.05, 0.1) is 27.3 Å². The lowest BCUT2D eigenvalue weighted by Crippen LogP contribution is -2.29. The average molecular weight is 431 g/mol. The Hall–Kier alpha value is -3.64. The average Bonchev–Trinajstić information content (AvgIpc) is 3.11. The Balaban J connectivity index is 2.14. The van der Waals surface area contributed by atoms with E-state index in [1.54, 1.807) is 0 Å². The molecule has 0 bridgehead atoms. The highest BCUT2D eigenvalue weighted by atomic mass is 15.0. The molecule has 0 saturated carbocycles. The summed E-state index contributed by atoms with van der Waals surface area (Å²) in [6.07, 6.45) is 2.17. The first-order valence-electron chi connectivity index (χ1n) is 11.6. The minimum Gasteiger partial charge on any atom is -0.307 e. The Kier molecular flexibility index (Phi) is 3.78. The van der Waals surface area contributed by atoms with Crippen LogP contribution in [0.5, 0.6) is 0 Å². The maximum Gasteiger partial charge on any atom is 0.252 e. The van der Waals surface area contributed by atoms with Crippen LogP contribution < -0.4 is 4.57 Å². The molecule has 6 aromatic rings. The summed E-state index contributed by atoms with van der Waals surface area (Å²) in [5, 5.41) is 6.26. The second kappa shape index (κ2) is 6.23. The van der Waals surface area contributed by atoms with Gasteiger partial charge >= 0.3 is 0 Å². The molecule has 3 heteroatoms. The summed E-state index contributed by atoms with van der Waals surface area (Å²) >= 11 is 0. The van der Waals surface area contributed by atoms with Crippen LogP contribution in [0.15, 0.2) is 42.6 Å². The van der Waals surface area contributed by atoms with E-state index in [-0.39, 0.29) is 0 Å².